The molecule has 66 valence electrons. The topological polar surface area (TPSA) is 23.5 Å². The Hall–Kier alpha value is -0.0800. The van der Waals surface area contributed by atoms with Gasteiger partial charge in [-0.05, 0) is 38.8 Å². The Morgan fingerprint density at radius 1 is 1.64 bits per heavy atom. The zero-order chi connectivity index (χ0) is 8.27. The van der Waals surface area contributed by atoms with E-state index in [1.165, 1.54) is 19.4 Å². The molecule has 2 heteroatoms. The zero-order valence-electron chi connectivity index (χ0n) is 7.58. The molecule has 0 bridgehead atoms. The first-order valence-corrected chi connectivity index (χ1v) is 4.57. The molecule has 2 nitrogen and oxygen atoms in total. The van der Waals surface area contributed by atoms with E-state index in [9.17, 15) is 0 Å². The number of aliphatic hydroxyl groups excluding tert-OH is 1. The summed E-state index contributed by atoms with van der Waals surface area (Å²) in [4.78, 5) is 2.42. The molecule has 0 aromatic rings. The van der Waals surface area contributed by atoms with Gasteiger partial charge in [-0.3, -0.25) is 0 Å². The van der Waals surface area contributed by atoms with E-state index < -0.39 is 0 Å². The second-order valence-corrected chi connectivity index (χ2v) is 3.68. The molecule has 0 aromatic carbocycles. The lowest BCUT2D eigenvalue weighted by molar-refractivity contribution is 0.190. The van der Waals surface area contributed by atoms with Crippen LogP contribution in [0.2, 0.25) is 0 Å². The predicted octanol–water partition coefficient (Wildman–Crippen LogP) is 1.10. The number of rotatable bonds is 3. The molecule has 1 fully saturated rings. The lowest BCUT2D eigenvalue weighted by atomic mass is 9.97. The number of hydrogen-bond donors (Lipinski definition) is 1. The molecule has 0 amide bonds. The maximum atomic E-state index is 8.76. The van der Waals surface area contributed by atoms with Gasteiger partial charge >= 0.3 is 0 Å². The van der Waals surface area contributed by atoms with Crippen molar-refractivity contribution >= 4 is 0 Å². The highest BCUT2D eigenvalue weighted by Crippen LogP contribution is 2.23. The van der Waals surface area contributed by atoms with Crippen molar-refractivity contribution in [1.82, 2.24) is 4.90 Å². The SMILES string of the molecule is C[C@@H](CCO)[C@H]1CCCN1C. The van der Waals surface area contributed by atoms with E-state index in [0.717, 1.165) is 12.5 Å². The van der Waals surface area contributed by atoms with Gasteiger partial charge in [0, 0.05) is 12.6 Å². The minimum atomic E-state index is 0.339. The first kappa shape index (κ1) is 9.01. The van der Waals surface area contributed by atoms with Crippen LogP contribution in [0.5, 0.6) is 0 Å². The van der Waals surface area contributed by atoms with Crippen LogP contribution in [0.3, 0.4) is 0 Å². The fraction of sp³-hybridized carbons (Fsp3) is 1.00. The summed E-state index contributed by atoms with van der Waals surface area (Å²) in [6.07, 6.45) is 3.60. The molecular weight excluding hydrogens is 138 g/mol. The van der Waals surface area contributed by atoms with E-state index in [1.54, 1.807) is 0 Å². The second kappa shape index (κ2) is 4.07. The zero-order valence-corrected chi connectivity index (χ0v) is 7.58. The largest absolute Gasteiger partial charge is 0.396 e. The molecule has 1 aliphatic rings. The fourth-order valence-corrected chi connectivity index (χ4v) is 2.05. The number of nitrogens with zero attached hydrogens (tertiary/aromatic N) is 1. The van der Waals surface area contributed by atoms with Gasteiger partial charge in [-0.15, -0.1) is 0 Å². The van der Waals surface area contributed by atoms with Gasteiger partial charge in [0.25, 0.3) is 0 Å². The normalized spacial score (nSPS) is 29.2. The van der Waals surface area contributed by atoms with Gasteiger partial charge in [0.2, 0.25) is 0 Å². The number of hydrogen-bond acceptors (Lipinski definition) is 2. The molecule has 1 N–H and O–H groups in total. The van der Waals surface area contributed by atoms with Crippen LogP contribution in [-0.4, -0.2) is 36.2 Å². The van der Waals surface area contributed by atoms with E-state index in [1.807, 2.05) is 0 Å². The van der Waals surface area contributed by atoms with Gasteiger partial charge in [-0.1, -0.05) is 6.92 Å². The number of likely N-dealkylation sites (tertiary alicyclic amines) is 1. The quantitative estimate of drug-likeness (QED) is 0.663. The van der Waals surface area contributed by atoms with Crippen molar-refractivity contribution in [3.63, 3.8) is 0 Å². The summed E-state index contributed by atoms with van der Waals surface area (Å²) in [5.41, 5.74) is 0. The van der Waals surface area contributed by atoms with Crippen LogP contribution in [-0.2, 0) is 0 Å². The maximum Gasteiger partial charge on any atom is 0.0434 e. The maximum absolute atomic E-state index is 8.76. The molecule has 11 heavy (non-hydrogen) atoms. The Morgan fingerprint density at radius 3 is 2.82 bits per heavy atom. The van der Waals surface area contributed by atoms with Gasteiger partial charge in [0.15, 0.2) is 0 Å². The third-order valence-corrected chi connectivity index (χ3v) is 2.82. The summed E-state index contributed by atoms with van der Waals surface area (Å²) >= 11 is 0. The van der Waals surface area contributed by atoms with Crippen molar-refractivity contribution < 1.29 is 5.11 Å². The number of aliphatic hydroxyl groups is 1. The molecule has 0 aliphatic carbocycles. The highest BCUT2D eigenvalue weighted by molar-refractivity contribution is 4.80. The fourth-order valence-electron chi connectivity index (χ4n) is 2.05. The predicted molar refractivity (Wildman–Crippen MR) is 46.5 cm³/mol. The van der Waals surface area contributed by atoms with Crippen molar-refractivity contribution in [2.45, 2.75) is 32.2 Å². The van der Waals surface area contributed by atoms with E-state index in [2.05, 4.69) is 18.9 Å². The molecule has 0 radical (unpaired) electrons. The molecular formula is C9H19NO. The molecule has 2 atom stereocenters. The Morgan fingerprint density at radius 2 is 2.36 bits per heavy atom. The Kier molecular flexibility index (Phi) is 3.34. The van der Waals surface area contributed by atoms with Gasteiger partial charge in [-0.2, -0.15) is 0 Å². The van der Waals surface area contributed by atoms with Crippen LogP contribution in [0.1, 0.15) is 26.2 Å². The molecule has 1 rings (SSSR count). The summed E-state index contributed by atoms with van der Waals surface area (Å²) in [7, 11) is 2.19. The minimum Gasteiger partial charge on any atom is -0.396 e. The summed E-state index contributed by atoms with van der Waals surface area (Å²) < 4.78 is 0. The Bertz CT molecular complexity index is 116. The highest BCUT2D eigenvalue weighted by atomic mass is 16.3. The summed E-state index contributed by atoms with van der Waals surface area (Å²) in [6.45, 7) is 3.81. The van der Waals surface area contributed by atoms with Crippen molar-refractivity contribution in [1.29, 1.82) is 0 Å². The molecule has 0 aromatic heterocycles. The van der Waals surface area contributed by atoms with E-state index >= 15 is 0 Å². The molecule has 0 spiro atoms. The Labute approximate surface area is 69.2 Å². The lowest BCUT2D eigenvalue weighted by Crippen LogP contribution is -2.31. The summed E-state index contributed by atoms with van der Waals surface area (Å²) in [5, 5.41) is 8.76. The third-order valence-electron chi connectivity index (χ3n) is 2.82. The van der Waals surface area contributed by atoms with Crippen molar-refractivity contribution in [3.05, 3.63) is 0 Å². The van der Waals surface area contributed by atoms with Crippen LogP contribution >= 0.6 is 0 Å². The molecule has 0 unspecified atom stereocenters. The van der Waals surface area contributed by atoms with E-state index in [-0.39, 0.29) is 0 Å². The minimum absolute atomic E-state index is 0.339. The average molecular weight is 157 g/mol. The van der Waals surface area contributed by atoms with Crippen LogP contribution in [0.4, 0.5) is 0 Å². The van der Waals surface area contributed by atoms with Gasteiger partial charge < -0.3 is 10.0 Å². The van der Waals surface area contributed by atoms with Crippen LogP contribution in [0.25, 0.3) is 0 Å². The van der Waals surface area contributed by atoms with E-state index in [4.69, 9.17) is 5.11 Å². The summed E-state index contributed by atoms with van der Waals surface area (Å²) in [5.74, 6) is 0.660. The first-order chi connectivity index (χ1) is 5.25. The van der Waals surface area contributed by atoms with Crippen LogP contribution in [0, 0.1) is 5.92 Å². The van der Waals surface area contributed by atoms with Crippen molar-refractivity contribution in [2.75, 3.05) is 20.2 Å². The second-order valence-electron chi connectivity index (χ2n) is 3.68. The summed E-state index contributed by atoms with van der Waals surface area (Å²) in [6, 6.07) is 0.724. The van der Waals surface area contributed by atoms with Crippen molar-refractivity contribution in [3.8, 4) is 0 Å². The smallest absolute Gasteiger partial charge is 0.0434 e. The van der Waals surface area contributed by atoms with Gasteiger partial charge in [-0.25, -0.2) is 0 Å². The third kappa shape index (κ3) is 2.17. The molecule has 1 aliphatic heterocycles. The highest BCUT2D eigenvalue weighted by Gasteiger charge is 2.25. The van der Waals surface area contributed by atoms with Crippen LogP contribution in [0.15, 0.2) is 0 Å². The molecule has 1 saturated heterocycles. The van der Waals surface area contributed by atoms with Crippen LogP contribution < -0.4 is 0 Å². The van der Waals surface area contributed by atoms with Gasteiger partial charge in [0.1, 0.15) is 0 Å². The monoisotopic (exact) mass is 157 g/mol. The van der Waals surface area contributed by atoms with E-state index in [0.29, 0.717) is 12.5 Å². The van der Waals surface area contributed by atoms with Crippen molar-refractivity contribution in [2.24, 2.45) is 5.92 Å². The molecule has 1 heterocycles. The average Bonchev–Trinajstić information content (AvgIpc) is 2.36. The Balaban J connectivity index is 2.33. The lowest BCUT2D eigenvalue weighted by Gasteiger charge is -2.25. The van der Waals surface area contributed by atoms with Gasteiger partial charge in [0.05, 0.1) is 0 Å². The molecule has 0 saturated carbocycles. The standard InChI is InChI=1S/C9H19NO/c1-8(5-7-11)9-4-3-6-10(9)2/h8-9,11H,3-7H2,1-2H3/t8-,9+/m0/s1. The first-order valence-electron chi connectivity index (χ1n) is 4.57.